The van der Waals surface area contributed by atoms with E-state index in [2.05, 4.69) is 5.32 Å². The van der Waals surface area contributed by atoms with Gasteiger partial charge in [0.05, 0.1) is 7.11 Å². The first-order valence-electron chi connectivity index (χ1n) is 9.49. The molecule has 0 aliphatic rings. The Labute approximate surface area is 174 Å². The molecule has 0 aliphatic heterocycles. The number of carbonyl (C=O) groups excluding carboxylic acids is 2. The minimum atomic E-state index is -1.10. The van der Waals surface area contributed by atoms with Crippen molar-refractivity contribution >= 4 is 17.6 Å². The minimum Gasteiger partial charge on any atom is -0.497 e. The molecule has 154 valence electrons. The number of aryl methyl sites for hydroxylation is 1. The van der Waals surface area contributed by atoms with Crippen LogP contribution in [0.15, 0.2) is 78.9 Å². The molecular formula is C24H22FNO4. The smallest absolute Gasteiger partial charge is 0.307 e. The minimum absolute atomic E-state index is 0.0708. The summed E-state index contributed by atoms with van der Waals surface area (Å²) < 4.78 is 23.7. The topological polar surface area (TPSA) is 64.6 Å². The predicted octanol–water partition coefficient (Wildman–Crippen LogP) is 4.69. The van der Waals surface area contributed by atoms with Gasteiger partial charge < -0.3 is 14.8 Å². The zero-order chi connectivity index (χ0) is 21.3. The van der Waals surface area contributed by atoms with Crippen molar-refractivity contribution in [2.45, 2.75) is 18.9 Å². The molecule has 1 atom stereocenters. The van der Waals surface area contributed by atoms with Gasteiger partial charge in [-0.05, 0) is 36.2 Å². The molecule has 3 aromatic rings. The van der Waals surface area contributed by atoms with Crippen molar-refractivity contribution in [2.75, 3.05) is 12.4 Å². The molecule has 0 saturated heterocycles. The van der Waals surface area contributed by atoms with Crippen molar-refractivity contribution in [3.63, 3.8) is 0 Å². The van der Waals surface area contributed by atoms with Gasteiger partial charge in [0.15, 0.2) is 0 Å². The Balaban J connectivity index is 1.69. The second-order valence-corrected chi connectivity index (χ2v) is 6.63. The van der Waals surface area contributed by atoms with Crippen LogP contribution in [0.3, 0.4) is 0 Å². The van der Waals surface area contributed by atoms with Crippen LogP contribution in [0.25, 0.3) is 0 Å². The van der Waals surface area contributed by atoms with Crippen LogP contribution in [-0.2, 0) is 20.7 Å². The Morgan fingerprint density at radius 1 is 0.967 bits per heavy atom. The van der Waals surface area contributed by atoms with Crippen LogP contribution in [0.4, 0.5) is 10.1 Å². The standard InChI is InChI=1S/C24H22FNO4/c1-29-21-9-5-8-20(16-21)26-24(28)23(18-6-3-2-4-7-18)30-22(27)15-12-17-10-13-19(25)14-11-17/h2-11,13-14,16,23H,12,15H2,1H3,(H,26,28). The third kappa shape index (κ3) is 5.91. The van der Waals surface area contributed by atoms with Crippen molar-refractivity contribution in [3.05, 3.63) is 95.8 Å². The van der Waals surface area contributed by atoms with Crippen molar-refractivity contribution in [3.8, 4) is 5.75 Å². The molecule has 5 nitrogen and oxygen atoms in total. The number of nitrogens with one attached hydrogen (secondary N) is 1. The summed E-state index contributed by atoms with van der Waals surface area (Å²) in [7, 11) is 1.54. The molecule has 1 N–H and O–H groups in total. The molecule has 30 heavy (non-hydrogen) atoms. The Morgan fingerprint density at radius 2 is 1.70 bits per heavy atom. The largest absolute Gasteiger partial charge is 0.497 e. The molecule has 1 unspecified atom stereocenters. The van der Waals surface area contributed by atoms with Gasteiger partial charge >= 0.3 is 5.97 Å². The highest BCUT2D eigenvalue weighted by Gasteiger charge is 2.25. The van der Waals surface area contributed by atoms with E-state index in [0.717, 1.165) is 5.56 Å². The summed E-state index contributed by atoms with van der Waals surface area (Å²) in [5.74, 6) is -0.724. The first-order chi connectivity index (χ1) is 14.5. The van der Waals surface area contributed by atoms with E-state index in [-0.39, 0.29) is 12.2 Å². The summed E-state index contributed by atoms with van der Waals surface area (Å²) in [6.45, 7) is 0. The fourth-order valence-corrected chi connectivity index (χ4v) is 2.90. The lowest BCUT2D eigenvalue weighted by atomic mass is 10.1. The van der Waals surface area contributed by atoms with Gasteiger partial charge in [-0.2, -0.15) is 0 Å². The van der Waals surface area contributed by atoms with Crippen LogP contribution in [0.2, 0.25) is 0 Å². The van der Waals surface area contributed by atoms with E-state index in [0.29, 0.717) is 23.4 Å². The SMILES string of the molecule is COc1cccc(NC(=O)C(OC(=O)CCc2ccc(F)cc2)c2ccccc2)c1. The van der Waals surface area contributed by atoms with Crippen LogP contribution in [0.1, 0.15) is 23.7 Å². The number of esters is 1. The monoisotopic (exact) mass is 407 g/mol. The van der Waals surface area contributed by atoms with E-state index in [4.69, 9.17) is 9.47 Å². The summed E-state index contributed by atoms with van der Waals surface area (Å²) in [6, 6.07) is 21.6. The second-order valence-electron chi connectivity index (χ2n) is 6.63. The van der Waals surface area contributed by atoms with Crippen molar-refractivity contribution < 1.29 is 23.5 Å². The molecule has 0 radical (unpaired) electrons. The van der Waals surface area contributed by atoms with Gasteiger partial charge in [0.1, 0.15) is 11.6 Å². The quantitative estimate of drug-likeness (QED) is 0.550. The highest BCUT2D eigenvalue weighted by atomic mass is 19.1. The number of methoxy groups -OCH3 is 1. The maximum atomic E-state index is 13.0. The Kier molecular flexibility index (Phi) is 7.16. The molecule has 1 amide bonds. The van der Waals surface area contributed by atoms with Crippen LogP contribution >= 0.6 is 0 Å². The number of amides is 1. The number of halogens is 1. The van der Waals surface area contributed by atoms with Gasteiger partial charge in [0.25, 0.3) is 5.91 Å². The van der Waals surface area contributed by atoms with E-state index in [9.17, 15) is 14.0 Å². The van der Waals surface area contributed by atoms with Crippen LogP contribution in [0, 0.1) is 5.82 Å². The lowest BCUT2D eigenvalue weighted by molar-refractivity contribution is -0.154. The number of benzene rings is 3. The number of ether oxygens (including phenoxy) is 2. The van der Waals surface area contributed by atoms with Crippen LogP contribution < -0.4 is 10.1 Å². The molecular weight excluding hydrogens is 385 g/mol. The van der Waals surface area contributed by atoms with E-state index >= 15 is 0 Å². The van der Waals surface area contributed by atoms with Crippen molar-refractivity contribution in [1.82, 2.24) is 0 Å². The Hall–Kier alpha value is -3.67. The molecule has 3 aromatic carbocycles. The molecule has 0 aromatic heterocycles. The maximum Gasteiger partial charge on any atom is 0.307 e. The van der Waals surface area contributed by atoms with Gasteiger partial charge in [-0.15, -0.1) is 0 Å². The molecule has 0 spiro atoms. The van der Waals surface area contributed by atoms with E-state index in [1.54, 1.807) is 60.7 Å². The first kappa shape index (κ1) is 21.0. The maximum absolute atomic E-state index is 13.0. The highest BCUT2D eigenvalue weighted by Crippen LogP contribution is 2.23. The molecule has 0 aliphatic carbocycles. The second kappa shape index (κ2) is 10.2. The number of hydrogen-bond donors (Lipinski definition) is 1. The predicted molar refractivity (Wildman–Crippen MR) is 112 cm³/mol. The normalized spacial score (nSPS) is 11.4. The van der Waals surface area contributed by atoms with Crippen LogP contribution in [-0.4, -0.2) is 19.0 Å². The van der Waals surface area contributed by atoms with E-state index < -0.39 is 18.0 Å². The third-order valence-corrected chi connectivity index (χ3v) is 4.46. The molecule has 0 bridgehead atoms. The first-order valence-corrected chi connectivity index (χ1v) is 9.49. The average Bonchev–Trinajstić information content (AvgIpc) is 2.77. The third-order valence-electron chi connectivity index (χ3n) is 4.46. The summed E-state index contributed by atoms with van der Waals surface area (Å²) in [5.41, 5.74) is 1.90. The summed E-state index contributed by atoms with van der Waals surface area (Å²) in [6.07, 6.45) is -0.641. The molecule has 3 rings (SSSR count). The zero-order valence-corrected chi connectivity index (χ0v) is 16.5. The molecule has 0 saturated carbocycles. The Bertz CT molecular complexity index is 990. The van der Waals surface area contributed by atoms with E-state index in [1.165, 1.54) is 19.2 Å². The number of hydrogen-bond acceptors (Lipinski definition) is 4. The zero-order valence-electron chi connectivity index (χ0n) is 16.5. The van der Waals surface area contributed by atoms with Gasteiger partial charge in [-0.25, -0.2) is 4.39 Å². The number of rotatable bonds is 8. The van der Waals surface area contributed by atoms with Gasteiger partial charge in [-0.3, -0.25) is 9.59 Å². The van der Waals surface area contributed by atoms with E-state index in [1.807, 2.05) is 6.07 Å². The highest BCUT2D eigenvalue weighted by molar-refractivity contribution is 5.96. The van der Waals surface area contributed by atoms with Crippen molar-refractivity contribution in [2.24, 2.45) is 0 Å². The lowest BCUT2D eigenvalue weighted by Crippen LogP contribution is -2.26. The molecule has 0 fully saturated rings. The summed E-state index contributed by atoms with van der Waals surface area (Å²) >= 11 is 0. The average molecular weight is 407 g/mol. The Morgan fingerprint density at radius 3 is 2.40 bits per heavy atom. The fourth-order valence-electron chi connectivity index (χ4n) is 2.90. The van der Waals surface area contributed by atoms with Crippen molar-refractivity contribution in [1.29, 1.82) is 0 Å². The van der Waals surface area contributed by atoms with Crippen LogP contribution in [0.5, 0.6) is 5.75 Å². The fraction of sp³-hybridized carbons (Fsp3) is 0.167. The summed E-state index contributed by atoms with van der Waals surface area (Å²) in [5, 5.41) is 2.76. The van der Waals surface area contributed by atoms with Gasteiger partial charge in [-0.1, -0.05) is 48.5 Å². The molecule has 0 heterocycles. The number of carbonyl (C=O) groups is 2. The number of anilines is 1. The van der Waals surface area contributed by atoms with Gasteiger partial charge in [0.2, 0.25) is 6.10 Å². The summed E-state index contributed by atoms with van der Waals surface area (Å²) in [4.78, 5) is 25.3. The lowest BCUT2D eigenvalue weighted by Gasteiger charge is -2.18. The molecule has 6 heteroatoms. The van der Waals surface area contributed by atoms with Gasteiger partial charge in [0, 0.05) is 23.7 Å².